The van der Waals surface area contributed by atoms with Crippen LogP contribution in [-0.2, 0) is 35.1 Å². The molecule has 46 heavy (non-hydrogen) atoms. The van der Waals surface area contributed by atoms with Crippen LogP contribution in [-0.4, -0.2) is 118 Å². The number of methoxy groups -OCH3 is 1. The van der Waals surface area contributed by atoms with Crippen LogP contribution in [0.4, 0.5) is 5.69 Å². The van der Waals surface area contributed by atoms with E-state index in [4.69, 9.17) is 4.74 Å². The lowest BCUT2D eigenvalue weighted by Crippen LogP contribution is -2.53. The van der Waals surface area contributed by atoms with Crippen molar-refractivity contribution in [2.24, 2.45) is 0 Å². The van der Waals surface area contributed by atoms with Gasteiger partial charge in [-0.1, -0.05) is 38.1 Å². The van der Waals surface area contributed by atoms with Crippen LogP contribution in [0.1, 0.15) is 39.2 Å². The molecular formula is C34H50N6O6. The van der Waals surface area contributed by atoms with Crippen LogP contribution in [0, 0.1) is 0 Å². The number of ether oxygens (including phenoxy) is 1. The number of imide groups is 1. The highest BCUT2D eigenvalue weighted by Crippen LogP contribution is 2.29. The minimum Gasteiger partial charge on any atom is -0.504 e. The average Bonchev–Trinajstić information content (AvgIpc) is 3.58. The summed E-state index contributed by atoms with van der Waals surface area (Å²) >= 11 is 0. The zero-order valence-corrected chi connectivity index (χ0v) is 28.2. The maximum Gasteiger partial charge on any atom is 0.254 e. The number of likely N-dealkylation sites (N-methyl/N-ethyl adjacent to an activating group) is 3. The highest BCUT2D eigenvalue weighted by atomic mass is 16.5. The molecule has 3 aliphatic heterocycles. The standard InChI is InChI=1S/C21H29N5O4.C11H15NO2.C2H6/c1-22-17(20(29)23-14-27)13-15-3-5-16(6-4-15)26-18(7-8-19(26)28)21(30)25-11-9-24(2)10-12-25;1-4-5-9-8-12(2)11(13)10(9)6-7-14-3;1-2/h3-6,14,17-18,22H,7-13H2,1-2H3,(H,23,27,29);4-7H,8H2,1-3H3;1-2H3/b;5-4-,7-6+;. The number of hydrogen-bond donors (Lipinski definition) is 2. The monoisotopic (exact) mass is 638 g/mol. The van der Waals surface area contributed by atoms with E-state index in [9.17, 15) is 24.0 Å². The van der Waals surface area contributed by atoms with Gasteiger partial charge in [-0.2, -0.15) is 0 Å². The van der Waals surface area contributed by atoms with Crippen molar-refractivity contribution >= 4 is 35.7 Å². The summed E-state index contributed by atoms with van der Waals surface area (Å²) in [5.74, 6) is -0.386. The smallest absolute Gasteiger partial charge is 0.254 e. The Bertz CT molecular complexity index is 1280. The molecule has 0 aliphatic carbocycles. The van der Waals surface area contributed by atoms with Crippen molar-refractivity contribution in [1.29, 1.82) is 0 Å². The van der Waals surface area contributed by atoms with Gasteiger partial charge in [-0.25, -0.2) is 0 Å². The third-order valence-electron chi connectivity index (χ3n) is 7.90. The Morgan fingerprint density at radius 1 is 1.04 bits per heavy atom. The van der Waals surface area contributed by atoms with Crippen molar-refractivity contribution in [3.05, 3.63) is 65.5 Å². The zero-order valence-electron chi connectivity index (χ0n) is 28.2. The van der Waals surface area contributed by atoms with Gasteiger partial charge in [-0.15, -0.1) is 0 Å². The van der Waals surface area contributed by atoms with E-state index in [0.717, 1.165) is 24.2 Å². The van der Waals surface area contributed by atoms with Crippen LogP contribution in [0.5, 0.6) is 0 Å². The molecular weight excluding hydrogens is 588 g/mol. The highest BCUT2D eigenvalue weighted by molar-refractivity contribution is 6.04. The van der Waals surface area contributed by atoms with E-state index >= 15 is 0 Å². The molecule has 0 bridgehead atoms. The summed E-state index contributed by atoms with van der Waals surface area (Å²) in [6.45, 7) is 9.65. The van der Waals surface area contributed by atoms with Gasteiger partial charge in [0.05, 0.1) is 19.4 Å². The van der Waals surface area contributed by atoms with Gasteiger partial charge < -0.3 is 24.8 Å². The maximum absolute atomic E-state index is 13.1. The fraction of sp³-hybridized carbons (Fsp3) is 0.500. The molecule has 2 saturated heterocycles. The lowest BCUT2D eigenvalue weighted by molar-refractivity contribution is -0.134. The van der Waals surface area contributed by atoms with Crippen molar-refractivity contribution in [2.75, 3.05) is 65.9 Å². The molecule has 2 N–H and O–H groups in total. The molecule has 2 unspecified atom stereocenters. The number of allylic oxidation sites excluding steroid dienone is 1. The zero-order chi connectivity index (χ0) is 34.2. The number of rotatable bonds is 10. The van der Waals surface area contributed by atoms with Crippen molar-refractivity contribution < 1.29 is 28.7 Å². The van der Waals surface area contributed by atoms with E-state index in [1.165, 1.54) is 6.26 Å². The second-order valence-electron chi connectivity index (χ2n) is 10.9. The van der Waals surface area contributed by atoms with Crippen molar-refractivity contribution in [3.63, 3.8) is 0 Å². The molecule has 3 aliphatic rings. The first-order valence-corrected chi connectivity index (χ1v) is 15.7. The minimum absolute atomic E-state index is 0.0128. The van der Waals surface area contributed by atoms with Gasteiger partial charge in [-0.3, -0.25) is 34.2 Å². The Hall–Kier alpha value is -4.29. The number of nitrogens with one attached hydrogen (secondary N) is 2. The van der Waals surface area contributed by atoms with Crippen molar-refractivity contribution in [3.8, 4) is 0 Å². The van der Waals surface area contributed by atoms with Crippen LogP contribution in [0.25, 0.3) is 0 Å². The van der Waals surface area contributed by atoms with Gasteiger partial charge in [0.25, 0.3) is 5.91 Å². The molecule has 4 rings (SSSR count). The summed E-state index contributed by atoms with van der Waals surface area (Å²) in [6.07, 6.45) is 8.77. The Morgan fingerprint density at radius 2 is 1.70 bits per heavy atom. The Morgan fingerprint density at radius 3 is 2.26 bits per heavy atom. The molecule has 2 fully saturated rings. The van der Waals surface area contributed by atoms with Gasteiger partial charge in [0.15, 0.2) is 0 Å². The minimum atomic E-state index is -0.541. The van der Waals surface area contributed by atoms with Crippen LogP contribution in [0.2, 0.25) is 0 Å². The van der Waals surface area contributed by atoms with Crippen molar-refractivity contribution in [2.45, 2.75) is 52.1 Å². The molecule has 12 heteroatoms. The molecule has 0 radical (unpaired) electrons. The maximum atomic E-state index is 13.1. The molecule has 1 aromatic carbocycles. The summed E-state index contributed by atoms with van der Waals surface area (Å²) in [7, 11) is 7.05. The number of carbonyl (C=O) groups is 5. The van der Waals surface area contributed by atoms with E-state index in [1.807, 2.05) is 69.1 Å². The van der Waals surface area contributed by atoms with E-state index in [0.29, 0.717) is 56.6 Å². The lowest BCUT2D eigenvalue weighted by atomic mass is 10.0. The number of nitrogens with zero attached hydrogens (tertiary/aromatic N) is 4. The van der Waals surface area contributed by atoms with E-state index < -0.39 is 18.0 Å². The summed E-state index contributed by atoms with van der Waals surface area (Å²) < 4.78 is 4.80. The number of hydrogen-bond acceptors (Lipinski definition) is 8. The van der Waals surface area contributed by atoms with Crippen LogP contribution in [0.3, 0.4) is 0 Å². The summed E-state index contributed by atoms with van der Waals surface area (Å²) in [5, 5.41) is 5.04. The molecule has 12 nitrogen and oxygen atoms in total. The number of carbonyl (C=O) groups excluding carboxylic acids is 5. The van der Waals surface area contributed by atoms with E-state index in [-0.39, 0.29) is 17.7 Å². The molecule has 252 valence electrons. The third-order valence-corrected chi connectivity index (χ3v) is 7.90. The largest absolute Gasteiger partial charge is 0.504 e. The molecule has 1 aromatic rings. The number of piperazine rings is 1. The Kier molecular flexibility index (Phi) is 15.9. The average molecular weight is 639 g/mol. The predicted octanol–water partition coefficient (Wildman–Crippen LogP) is 1.88. The highest BCUT2D eigenvalue weighted by Gasteiger charge is 2.39. The summed E-state index contributed by atoms with van der Waals surface area (Å²) in [4.78, 5) is 66.9. The first-order valence-electron chi connectivity index (χ1n) is 15.7. The molecule has 0 aromatic heterocycles. The molecule has 0 spiro atoms. The first-order chi connectivity index (χ1) is 22.1. The van der Waals surface area contributed by atoms with Gasteiger partial charge >= 0.3 is 0 Å². The number of benzene rings is 1. The van der Waals surface area contributed by atoms with E-state index in [1.54, 1.807) is 37.1 Å². The molecule has 0 saturated carbocycles. The topological polar surface area (TPSA) is 132 Å². The predicted molar refractivity (Wildman–Crippen MR) is 179 cm³/mol. The number of anilines is 1. The van der Waals surface area contributed by atoms with Crippen molar-refractivity contribution in [1.82, 2.24) is 25.3 Å². The lowest BCUT2D eigenvalue weighted by Gasteiger charge is -2.35. The third kappa shape index (κ3) is 10.1. The normalized spacial score (nSPS) is 19.2. The second kappa shape index (κ2) is 19.3. The Balaban J connectivity index is 0.000000385. The van der Waals surface area contributed by atoms with Crippen LogP contribution in [0.15, 0.2) is 59.9 Å². The molecule has 2 atom stereocenters. The quantitative estimate of drug-likeness (QED) is 0.294. The Labute approximate surface area is 273 Å². The fourth-order valence-electron chi connectivity index (χ4n) is 5.41. The fourth-order valence-corrected chi connectivity index (χ4v) is 5.41. The number of amides is 5. The molecule has 5 amide bonds. The van der Waals surface area contributed by atoms with Gasteiger partial charge in [-0.05, 0) is 63.2 Å². The summed E-state index contributed by atoms with van der Waals surface area (Å²) in [5.41, 5.74) is 3.32. The summed E-state index contributed by atoms with van der Waals surface area (Å²) in [6, 6.07) is 6.31. The molecule has 3 heterocycles. The van der Waals surface area contributed by atoms with Gasteiger partial charge in [0.2, 0.25) is 24.1 Å². The van der Waals surface area contributed by atoms with Crippen LogP contribution < -0.4 is 15.5 Å². The SMILES string of the molecule is C/C=C\C1=C(/C=C/OC)C(=O)N(C)C1.CC.CNC(Cc1ccc(N2C(=O)CCC2C(=O)N2CCN(C)CC2)cc1)C(=O)NC=O. The van der Waals surface area contributed by atoms with Crippen LogP contribution >= 0.6 is 0 Å². The van der Waals surface area contributed by atoms with E-state index in [2.05, 4.69) is 15.5 Å². The first kappa shape index (κ1) is 37.9. The second-order valence-corrected chi connectivity index (χ2v) is 10.9. The van der Waals surface area contributed by atoms with Gasteiger partial charge in [0, 0.05) is 57.5 Å². The van der Waals surface area contributed by atoms with Gasteiger partial charge in [0.1, 0.15) is 6.04 Å².